The first-order valence-corrected chi connectivity index (χ1v) is 5.15. The molecule has 0 aliphatic heterocycles. The molecule has 1 saturated carbocycles. The van der Waals surface area contributed by atoms with Gasteiger partial charge in [0, 0.05) is 5.54 Å². The fourth-order valence-electron chi connectivity index (χ4n) is 1.67. The highest BCUT2D eigenvalue weighted by Crippen LogP contribution is 2.30. The number of nitrogens with two attached hydrogens (primary N) is 1. The summed E-state index contributed by atoms with van der Waals surface area (Å²) in [5.41, 5.74) is 6.08. The Morgan fingerprint density at radius 2 is 2.17 bits per heavy atom. The van der Waals surface area contributed by atoms with Gasteiger partial charge >= 0.3 is 0 Å². The zero-order chi connectivity index (χ0) is 9.03. The second-order valence-corrected chi connectivity index (χ2v) is 4.31. The van der Waals surface area contributed by atoms with Crippen LogP contribution in [0.3, 0.4) is 0 Å². The van der Waals surface area contributed by atoms with E-state index in [1.807, 2.05) is 0 Å². The van der Waals surface area contributed by atoms with Crippen LogP contribution < -0.4 is 11.1 Å². The summed E-state index contributed by atoms with van der Waals surface area (Å²) in [4.78, 5) is 0. The van der Waals surface area contributed by atoms with Crippen LogP contribution in [0.5, 0.6) is 0 Å². The fraction of sp³-hybridized carbons (Fsp3) is 1.00. The van der Waals surface area contributed by atoms with Gasteiger partial charge in [0.25, 0.3) is 0 Å². The van der Waals surface area contributed by atoms with E-state index < -0.39 is 0 Å². The standard InChI is InChI=1S/C10H22N2/c1-3-9(7-11)8-12-10(2)5-4-6-10/h9,12H,3-8,11H2,1-2H3. The normalized spacial score (nSPS) is 23.2. The minimum atomic E-state index is 0.447. The molecule has 3 N–H and O–H groups in total. The Morgan fingerprint density at radius 3 is 2.50 bits per heavy atom. The van der Waals surface area contributed by atoms with Gasteiger partial charge in [-0.25, -0.2) is 0 Å². The lowest BCUT2D eigenvalue weighted by Crippen LogP contribution is -2.50. The van der Waals surface area contributed by atoms with Crippen LogP contribution in [0.1, 0.15) is 39.5 Å². The number of hydrogen-bond acceptors (Lipinski definition) is 2. The topological polar surface area (TPSA) is 38.0 Å². The molecule has 0 heterocycles. The summed E-state index contributed by atoms with van der Waals surface area (Å²) in [6.45, 7) is 6.45. The average Bonchev–Trinajstić information content (AvgIpc) is 2.03. The van der Waals surface area contributed by atoms with E-state index in [1.54, 1.807) is 0 Å². The Bertz CT molecular complexity index is 126. The molecule has 2 heteroatoms. The molecule has 1 aliphatic carbocycles. The molecule has 2 nitrogen and oxygen atoms in total. The predicted molar refractivity (Wildman–Crippen MR) is 53.1 cm³/mol. The lowest BCUT2D eigenvalue weighted by Gasteiger charge is -2.40. The van der Waals surface area contributed by atoms with Crippen LogP contribution in [0.2, 0.25) is 0 Å². The van der Waals surface area contributed by atoms with Crippen molar-refractivity contribution < 1.29 is 0 Å². The molecule has 72 valence electrons. The molecule has 0 aromatic rings. The van der Waals surface area contributed by atoms with Gasteiger partial charge in [-0.15, -0.1) is 0 Å². The Morgan fingerprint density at radius 1 is 1.50 bits per heavy atom. The maximum atomic E-state index is 5.63. The van der Waals surface area contributed by atoms with E-state index in [9.17, 15) is 0 Å². The van der Waals surface area contributed by atoms with E-state index in [-0.39, 0.29) is 0 Å². The second kappa shape index (κ2) is 4.24. The van der Waals surface area contributed by atoms with Crippen molar-refractivity contribution in [1.29, 1.82) is 0 Å². The third-order valence-corrected chi connectivity index (χ3v) is 3.19. The molecular formula is C10H22N2. The van der Waals surface area contributed by atoms with E-state index >= 15 is 0 Å². The molecule has 0 amide bonds. The van der Waals surface area contributed by atoms with Gasteiger partial charge in [0.05, 0.1) is 0 Å². The van der Waals surface area contributed by atoms with Crippen molar-refractivity contribution in [2.45, 2.75) is 45.1 Å². The minimum absolute atomic E-state index is 0.447. The third kappa shape index (κ3) is 2.46. The summed E-state index contributed by atoms with van der Waals surface area (Å²) in [6, 6.07) is 0. The molecule has 0 radical (unpaired) electrons. The molecule has 0 aromatic heterocycles. The number of hydrogen-bond donors (Lipinski definition) is 2. The highest BCUT2D eigenvalue weighted by molar-refractivity contribution is 4.91. The molecule has 1 rings (SSSR count). The summed E-state index contributed by atoms with van der Waals surface area (Å²) in [5, 5.41) is 3.62. The maximum Gasteiger partial charge on any atom is 0.0153 e. The summed E-state index contributed by atoms with van der Waals surface area (Å²) in [5.74, 6) is 0.669. The molecule has 1 unspecified atom stereocenters. The van der Waals surface area contributed by atoms with E-state index in [0.717, 1.165) is 13.1 Å². The predicted octanol–water partition coefficient (Wildman–Crippen LogP) is 1.50. The van der Waals surface area contributed by atoms with E-state index in [4.69, 9.17) is 5.73 Å². The minimum Gasteiger partial charge on any atom is -0.330 e. The number of nitrogens with one attached hydrogen (secondary N) is 1. The third-order valence-electron chi connectivity index (χ3n) is 3.19. The van der Waals surface area contributed by atoms with Crippen molar-refractivity contribution in [3.8, 4) is 0 Å². The van der Waals surface area contributed by atoms with Gasteiger partial charge in [-0.1, -0.05) is 13.3 Å². The molecule has 0 bridgehead atoms. The van der Waals surface area contributed by atoms with Gasteiger partial charge in [-0.05, 0) is 45.2 Å². The maximum absolute atomic E-state index is 5.63. The summed E-state index contributed by atoms with van der Waals surface area (Å²) < 4.78 is 0. The van der Waals surface area contributed by atoms with Crippen molar-refractivity contribution in [2.24, 2.45) is 11.7 Å². The SMILES string of the molecule is CCC(CN)CNC1(C)CCC1. The van der Waals surface area contributed by atoms with Gasteiger partial charge in [-0.3, -0.25) is 0 Å². The van der Waals surface area contributed by atoms with Crippen molar-refractivity contribution in [3.05, 3.63) is 0 Å². The summed E-state index contributed by atoms with van der Waals surface area (Å²) in [6.07, 6.45) is 5.27. The van der Waals surface area contributed by atoms with Crippen LogP contribution in [-0.4, -0.2) is 18.6 Å². The molecule has 0 spiro atoms. The van der Waals surface area contributed by atoms with Gasteiger partial charge in [0.15, 0.2) is 0 Å². The second-order valence-electron chi connectivity index (χ2n) is 4.31. The molecule has 1 fully saturated rings. The molecule has 12 heavy (non-hydrogen) atoms. The van der Waals surface area contributed by atoms with E-state index in [1.165, 1.54) is 25.7 Å². The van der Waals surface area contributed by atoms with Crippen LogP contribution in [0.15, 0.2) is 0 Å². The highest BCUT2D eigenvalue weighted by atomic mass is 15.0. The number of rotatable bonds is 5. The molecule has 1 atom stereocenters. The quantitative estimate of drug-likeness (QED) is 0.656. The zero-order valence-corrected chi connectivity index (χ0v) is 8.40. The van der Waals surface area contributed by atoms with Crippen molar-refractivity contribution in [1.82, 2.24) is 5.32 Å². The van der Waals surface area contributed by atoms with E-state index in [0.29, 0.717) is 11.5 Å². The van der Waals surface area contributed by atoms with Crippen molar-refractivity contribution >= 4 is 0 Å². The first-order valence-electron chi connectivity index (χ1n) is 5.15. The van der Waals surface area contributed by atoms with Gasteiger partial charge in [0.1, 0.15) is 0 Å². The highest BCUT2D eigenvalue weighted by Gasteiger charge is 2.31. The zero-order valence-electron chi connectivity index (χ0n) is 8.40. The average molecular weight is 170 g/mol. The summed E-state index contributed by atoms with van der Waals surface area (Å²) >= 11 is 0. The monoisotopic (exact) mass is 170 g/mol. The largest absolute Gasteiger partial charge is 0.330 e. The van der Waals surface area contributed by atoms with Crippen LogP contribution in [0.25, 0.3) is 0 Å². The van der Waals surface area contributed by atoms with Crippen LogP contribution in [-0.2, 0) is 0 Å². The van der Waals surface area contributed by atoms with Gasteiger partial charge < -0.3 is 11.1 Å². The Balaban J connectivity index is 2.14. The lowest BCUT2D eigenvalue weighted by atomic mass is 9.78. The molecule has 0 saturated heterocycles. The Hall–Kier alpha value is -0.0800. The first kappa shape index (κ1) is 10.0. The lowest BCUT2D eigenvalue weighted by molar-refractivity contribution is 0.197. The Kier molecular flexibility index (Phi) is 3.53. The van der Waals surface area contributed by atoms with Gasteiger partial charge in [0.2, 0.25) is 0 Å². The molecule has 1 aliphatic rings. The van der Waals surface area contributed by atoms with Crippen LogP contribution in [0, 0.1) is 5.92 Å². The van der Waals surface area contributed by atoms with Crippen LogP contribution in [0.4, 0.5) is 0 Å². The Labute approximate surface area is 75.9 Å². The molecular weight excluding hydrogens is 148 g/mol. The smallest absolute Gasteiger partial charge is 0.0153 e. The van der Waals surface area contributed by atoms with Crippen LogP contribution >= 0.6 is 0 Å². The van der Waals surface area contributed by atoms with Crippen molar-refractivity contribution in [3.63, 3.8) is 0 Å². The van der Waals surface area contributed by atoms with Gasteiger partial charge in [-0.2, -0.15) is 0 Å². The first-order chi connectivity index (χ1) is 5.70. The fourth-order valence-corrected chi connectivity index (χ4v) is 1.67. The van der Waals surface area contributed by atoms with E-state index in [2.05, 4.69) is 19.2 Å². The summed E-state index contributed by atoms with van der Waals surface area (Å²) in [7, 11) is 0. The van der Waals surface area contributed by atoms with Crippen molar-refractivity contribution in [2.75, 3.05) is 13.1 Å². The molecule has 0 aromatic carbocycles.